The van der Waals surface area contributed by atoms with Crippen molar-refractivity contribution in [3.63, 3.8) is 0 Å². The normalized spacial score (nSPS) is 48.8. The highest BCUT2D eigenvalue weighted by atomic mass is 16.5. The van der Waals surface area contributed by atoms with E-state index >= 15 is 0 Å². The zero-order chi connectivity index (χ0) is 16.7. The third-order valence-corrected chi connectivity index (χ3v) is 7.92. The molecule has 0 N–H and O–H groups in total. The minimum atomic E-state index is -0.192. The first-order chi connectivity index (χ1) is 11.4. The smallest absolute Gasteiger partial charge is 0.139 e. The van der Waals surface area contributed by atoms with Gasteiger partial charge in [-0.3, -0.25) is 4.79 Å². The molecule has 128 valence electrons. The number of Topliss-reactive ketones (excluding diaryl/α,β-unsaturated/α-hetero) is 1. The van der Waals surface area contributed by atoms with Crippen LogP contribution in [0.25, 0.3) is 0 Å². The summed E-state index contributed by atoms with van der Waals surface area (Å²) in [6.07, 6.45) is 15.4. The molecule has 5 atom stereocenters. The van der Waals surface area contributed by atoms with Crippen LogP contribution in [0.4, 0.5) is 0 Å². The fourth-order valence-corrected chi connectivity index (χ4v) is 6.34. The van der Waals surface area contributed by atoms with Crippen molar-refractivity contribution < 1.29 is 9.53 Å². The van der Waals surface area contributed by atoms with Gasteiger partial charge in [-0.2, -0.15) is 0 Å². The molecular formula is C22H28O2. The highest BCUT2D eigenvalue weighted by molar-refractivity contribution is 5.88. The van der Waals surface area contributed by atoms with Crippen LogP contribution in [0.5, 0.6) is 0 Å². The summed E-state index contributed by atoms with van der Waals surface area (Å²) >= 11 is 0. The molecule has 2 spiro atoms. The Kier molecular flexibility index (Phi) is 2.85. The van der Waals surface area contributed by atoms with Gasteiger partial charge in [0, 0.05) is 17.8 Å². The summed E-state index contributed by atoms with van der Waals surface area (Å²) in [4.78, 5) is 12.6. The Bertz CT molecular complexity index is 711. The van der Waals surface area contributed by atoms with E-state index in [0.717, 1.165) is 38.5 Å². The fourth-order valence-electron chi connectivity index (χ4n) is 6.34. The Hall–Kier alpha value is -1.15. The van der Waals surface area contributed by atoms with Crippen LogP contribution in [0.1, 0.15) is 59.3 Å². The van der Waals surface area contributed by atoms with E-state index in [2.05, 4.69) is 45.1 Å². The molecule has 5 aliphatic rings. The number of allylic oxidation sites excluding steroid dienone is 2. The van der Waals surface area contributed by atoms with E-state index in [1.165, 1.54) is 11.1 Å². The van der Waals surface area contributed by atoms with Crippen LogP contribution in [0.2, 0.25) is 0 Å². The number of ketones is 1. The zero-order valence-corrected chi connectivity index (χ0v) is 15.1. The highest BCUT2D eigenvalue weighted by Gasteiger charge is 2.66. The van der Waals surface area contributed by atoms with Gasteiger partial charge in [0.25, 0.3) is 0 Å². The summed E-state index contributed by atoms with van der Waals surface area (Å²) in [7, 11) is 0. The largest absolute Gasteiger partial charge is 0.359 e. The number of hydrogen-bond acceptors (Lipinski definition) is 2. The van der Waals surface area contributed by atoms with Crippen molar-refractivity contribution in [1.82, 2.24) is 0 Å². The van der Waals surface area contributed by atoms with Crippen LogP contribution >= 0.6 is 0 Å². The predicted octanol–water partition coefficient (Wildman–Crippen LogP) is 4.76. The quantitative estimate of drug-likeness (QED) is 0.695. The number of rotatable bonds is 1. The van der Waals surface area contributed by atoms with E-state index in [-0.39, 0.29) is 16.6 Å². The van der Waals surface area contributed by atoms with Crippen molar-refractivity contribution in [3.05, 3.63) is 35.5 Å². The Balaban J connectivity index is 1.63. The monoisotopic (exact) mass is 324 g/mol. The molecule has 0 radical (unpaired) electrons. The second kappa shape index (κ2) is 4.52. The Morgan fingerprint density at radius 2 is 2.08 bits per heavy atom. The van der Waals surface area contributed by atoms with Crippen molar-refractivity contribution in [1.29, 1.82) is 0 Å². The number of hydrogen-bond donors (Lipinski definition) is 0. The molecule has 2 heteroatoms. The van der Waals surface area contributed by atoms with Gasteiger partial charge in [0.1, 0.15) is 5.78 Å². The second-order valence-electron chi connectivity index (χ2n) is 9.35. The lowest BCUT2D eigenvalue weighted by molar-refractivity contribution is -0.145. The molecule has 3 aliphatic carbocycles. The zero-order valence-electron chi connectivity index (χ0n) is 15.1. The third-order valence-electron chi connectivity index (χ3n) is 7.92. The van der Waals surface area contributed by atoms with Crippen LogP contribution in [-0.4, -0.2) is 17.0 Å². The van der Waals surface area contributed by atoms with Gasteiger partial charge in [0.15, 0.2) is 0 Å². The van der Waals surface area contributed by atoms with Gasteiger partial charge >= 0.3 is 0 Å². The lowest BCUT2D eigenvalue weighted by Gasteiger charge is -2.52. The van der Waals surface area contributed by atoms with Crippen molar-refractivity contribution >= 4 is 5.78 Å². The van der Waals surface area contributed by atoms with Crippen LogP contribution < -0.4 is 0 Å². The van der Waals surface area contributed by atoms with Gasteiger partial charge in [0.05, 0.1) is 11.2 Å². The molecule has 2 nitrogen and oxygen atoms in total. The molecule has 1 saturated carbocycles. The Morgan fingerprint density at radius 3 is 2.88 bits per heavy atom. The highest BCUT2D eigenvalue weighted by Crippen LogP contribution is 2.65. The van der Waals surface area contributed by atoms with Crippen LogP contribution in [0.3, 0.4) is 0 Å². The van der Waals surface area contributed by atoms with E-state index < -0.39 is 0 Å². The molecule has 24 heavy (non-hydrogen) atoms. The molecule has 1 saturated heterocycles. The topological polar surface area (TPSA) is 26.3 Å². The van der Waals surface area contributed by atoms with Gasteiger partial charge in [-0.15, -0.1) is 0 Å². The molecule has 0 aromatic carbocycles. The van der Waals surface area contributed by atoms with E-state index in [9.17, 15) is 4.79 Å². The molecule has 2 fully saturated rings. The number of carbonyl (C=O) groups excluding carboxylic acids is 1. The molecule has 2 aliphatic heterocycles. The molecule has 0 amide bonds. The standard InChI is InChI=1S/C22H28O2/c1-14(2)15-4-5-16-12-17-8-9-20(3)18(6-7-19(20)23)22(17)11-10-21(16,13-15)24-22/h4-5,8,12,14-15,18H,6-7,9-11,13H2,1-3H3. The molecule has 5 rings (SSSR count). The molecular weight excluding hydrogens is 296 g/mol. The van der Waals surface area contributed by atoms with Crippen molar-refractivity contribution in [2.75, 3.05) is 0 Å². The van der Waals surface area contributed by atoms with Gasteiger partial charge in [-0.05, 0) is 55.1 Å². The van der Waals surface area contributed by atoms with Gasteiger partial charge in [-0.25, -0.2) is 0 Å². The average Bonchev–Trinajstić information content (AvgIpc) is 3.02. The predicted molar refractivity (Wildman–Crippen MR) is 94.5 cm³/mol. The molecule has 0 aromatic rings. The van der Waals surface area contributed by atoms with E-state index in [0.29, 0.717) is 23.5 Å². The maximum Gasteiger partial charge on any atom is 0.139 e. The summed E-state index contributed by atoms with van der Waals surface area (Å²) in [5.74, 6) is 2.08. The molecule has 2 heterocycles. The summed E-state index contributed by atoms with van der Waals surface area (Å²) in [6.45, 7) is 6.82. The van der Waals surface area contributed by atoms with Crippen LogP contribution in [0, 0.1) is 23.2 Å². The summed E-state index contributed by atoms with van der Waals surface area (Å²) in [5.41, 5.74) is 2.28. The van der Waals surface area contributed by atoms with Crippen LogP contribution in [0.15, 0.2) is 35.5 Å². The lowest BCUT2D eigenvalue weighted by Crippen LogP contribution is -2.53. The van der Waals surface area contributed by atoms with E-state index in [4.69, 9.17) is 4.74 Å². The first-order valence-electron chi connectivity index (χ1n) is 9.74. The van der Waals surface area contributed by atoms with Gasteiger partial charge in [-0.1, -0.05) is 45.1 Å². The third kappa shape index (κ3) is 1.64. The van der Waals surface area contributed by atoms with Crippen molar-refractivity contribution in [3.8, 4) is 0 Å². The van der Waals surface area contributed by atoms with Crippen molar-refractivity contribution in [2.45, 2.75) is 70.5 Å². The SMILES string of the molecule is CC(C)C1C=CC2=CC3=CCC4(C)C(=O)CCC4C34CCC2(C1)O4. The number of ether oxygens (including phenoxy) is 1. The van der Waals surface area contributed by atoms with E-state index in [1.807, 2.05) is 0 Å². The molecule has 0 aromatic heterocycles. The maximum absolute atomic E-state index is 12.6. The Morgan fingerprint density at radius 1 is 1.25 bits per heavy atom. The van der Waals surface area contributed by atoms with Gasteiger partial charge < -0.3 is 4.74 Å². The average molecular weight is 324 g/mol. The van der Waals surface area contributed by atoms with Crippen LogP contribution in [-0.2, 0) is 9.53 Å². The maximum atomic E-state index is 12.6. The minimum absolute atomic E-state index is 0.0923. The minimum Gasteiger partial charge on any atom is -0.359 e. The summed E-state index contributed by atoms with van der Waals surface area (Å²) in [5, 5.41) is 0. The Labute approximate surface area is 145 Å². The second-order valence-corrected chi connectivity index (χ2v) is 9.35. The lowest BCUT2D eigenvalue weighted by atomic mass is 9.61. The van der Waals surface area contributed by atoms with Gasteiger partial charge in [0.2, 0.25) is 0 Å². The fraction of sp³-hybridized carbons (Fsp3) is 0.682. The summed E-state index contributed by atoms with van der Waals surface area (Å²) < 4.78 is 7.05. The number of fused-ring (bicyclic) bond motifs is 1. The van der Waals surface area contributed by atoms with E-state index in [1.54, 1.807) is 0 Å². The van der Waals surface area contributed by atoms with Crippen molar-refractivity contribution in [2.24, 2.45) is 23.2 Å². The first kappa shape index (κ1) is 15.1. The first-order valence-corrected chi connectivity index (χ1v) is 9.74. The molecule has 2 bridgehead atoms. The molecule has 5 unspecified atom stereocenters. The summed E-state index contributed by atoms with van der Waals surface area (Å²) in [6, 6.07) is 0. The number of carbonyl (C=O) groups is 1.